The molecule has 1 N–H and O–H groups in total. The van der Waals surface area contributed by atoms with Gasteiger partial charge in [0, 0.05) is 42.4 Å². The van der Waals surface area contributed by atoms with Gasteiger partial charge >= 0.3 is 0 Å². The summed E-state index contributed by atoms with van der Waals surface area (Å²) in [7, 11) is 0. The zero-order chi connectivity index (χ0) is 18.8. The summed E-state index contributed by atoms with van der Waals surface area (Å²) in [6, 6.07) is 11.0. The van der Waals surface area contributed by atoms with Crippen LogP contribution in [0.1, 0.15) is 36.0 Å². The summed E-state index contributed by atoms with van der Waals surface area (Å²) in [5, 5.41) is 3.67. The molecule has 4 rings (SSSR count). The van der Waals surface area contributed by atoms with Crippen molar-refractivity contribution in [1.82, 2.24) is 15.2 Å². The first-order valence-electron chi connectivity index (χ1n) is 9.42. The van der Waals surface area contributed by atoms with Gasteiger partial charge < -0.3 is 10.2 Å². The van der Waals surface area contributed by atoms with Crippen LogP contribution in [-0.4, -0.2) is 40.8 Å². The van der Waals surface area contributed by atoms with E-state index >= 15 is 0 Å². The van der Waals surface area contributed by atoms with Crippen molar-refractivity contribution in [3.05, 3.63) is 53.2 Å². The van der Waals surface area contributed by atoms with Gasteiger partial charge in [-0.05, 0) is 49.9 Å². The summed E-state index contributed by atoms with van der Waals surface area (Å²) in [4.78, 5) is 31.0. The summed E-state index contributed by atoms with van der Waals surface area (Å²) < 4.78 is 0. The highest BCUT2D eigenvalue weighted by atomic mass is 35.5. The fraction of sp³-hybridized carbons (Fsp3) is 0.381. The van der Waals surface area contributed by atoms with Crippen LogP contribution >= 0.6 is 11.6 Å². The molecule has 1 aliphatic carbocycles. The molecular formula is C21H22ClN3O2. The van der Waals surface area contributed by atoms with Crippen LogP contribution in [0, 0.1) is 5.92 Å². The Balaban J connectivity index is 1.37. The molecule has 0 radical (unpaired) electrons. The number of nitrogens with one attached hydrogen (secondary N) is 1. The van der Waals surface area contributed by atoms with Crippen molar-refractivity contribution in [2.45, 2.75) is 31.7 Å². The average molecular weight is 384 g/mol. The minimum absolute atomic E-state index is 0.0200. The third-order valence-electron chi connectivity index (χ3n) is 5.17. The molecule has 1 unspecified atom stereocenters. The number of carbonyl (C=O) groups excluding carboxylic acids is 2. The van der Waals surface area contributed by atoms with Gasteiger partial charge in [-0.3, -0.25) is 14.6 Å². The lowest BCUT2D eigenvalue weighted by molar-refractivity contribution is -0.133. The molecule has 2 aromatic rings. The number of hydrogen-bond acceptors (Lipinski definition) is 3. The number of likely N-dealkylation sites (tertiary alicyclic amines) is 1. The van der Waals surface area contributed by atoms with Gasteiger partial charge in [0.1, 0.15) is 0 Å². The molecule has 2 aliphatic rings. The van der Waals surface area contributed by atoms with Crippen molar-refractivity contribution >= 4 is 23.4 Å². The summed E-state index contributed by atoms with van der Waals surface area (Å²) >= 11 is 5.87. The smallest absolute Gasteiger partial charge is 0.251 e. The van der Waals surface area contributed by atoms with Gasteiger partial charge in [0.2, 0.25) is 5.91 Å². The number of piperidine rings is 1. The number of hydrogen-bond donors (Lipinski definition) is 1. The molecule has 0 bridgehead atoms. The fourth-order valence-electron chi connectivity index (χ4n) is 3.49. The molecule has 1 aliphatic heterocycles. The van der Waals surface area contributed by atoms with Crippen molar-refractivity contribution in [1.29, 1.82) is 0 Å². The molecule has 2 heterocycles. The molecule has 0 spiro atoms. The van der Waals surface area contributed by atoms with E-state index in [1.165, 1.54) is 0 Å². The van der Waals surface area contributed by atoms with E-state index in [1.807, 2.05) is 23.1 Å². The Bertz CT molecular complexity index is 832. The third-order valence-corrected chi connectivity index (χ3v) is 5.39. The zero-order valence-corrected chi connectivity index (χ0v) is 15.8. The van der Waals surface area contributed by atoms with Gasteiger partial charge in [-0.15, -0.1) is 0 Å². The Morgan fingerprint density at radius 2 is 1.85 bits per heavy atom. The van der Waals surface area contributed by atoms with E-state index in [0.717, 1.165) is 43.5 Å². The topological polar surface area (TPSA) is 62.3 Å². The van der Waals surface area contributed by atoms with E-state index in [9.17, 15) is 9.59 Å². The predicted octanol–water partition coefficient (Wildman–Crippen LogP) is 3.53. The standard InChI is InChI=1S/C21H22ClN3O2/c22-17-9-10-19(23-12-17)14-3-5-15(6-4-14)20(26)24-18-2-1-11-25(13-18)21(27)16-7-8-16/h3-6,9-10,12,16,18H,1-2,7-8,11,13H2,(H,24,26). The van der Waals surface area contributed by atoms with Crippen LogP contribution in [0.2, 0.25) is 5.02 Å². The molecule has 1 atom stereocenters. The van der Waals surface area contributed by atoms with Crippen molar-refractivity contribution in [3.8, 4) is 11.3 Å². The largest absolute Gasteiger partial charge is 0.348 e. The van der Waals surface area contributed by atoms with E-state index < -0.39 is 0 Å². The number of benzene rings is 1. The molecule has 6 heteroatoms. The highest BCUT2D eigenvalue weighted by Gasteiger charge is 2.35. The van der Waals surface area contributed by atoms with Crippen LogP contribution in [0.25, 0.3) is 11.3 Å². The van der Waals surface area contributed by atoms with Crippen LogP contribution in [0.3, 0.4) is 0 Å². The SMILES string of the molecule is O=C(NC1CCCN(C(=O)C2CC2)C1)c1ccc(-c2ccc(Cl)cn2)cc1. The molecule has 1 saturated heterocycles. The molecule has 1 aromatic carbocycles. The van der Waals surface area contributed by atoms with Crippen molar-refractivity contribution in [3.63, 3.8) is 0 Å². The average Bonchev–Trinajstić information content (AvgIpc) is 3.54. The molecule has 2 fully saturated rings. The highest BCUT2D eigenvalue weighted by Crippen LogP contribution is 2.32. The van der Waals surface area contributed by atoms with Crippen molar-refractivity contribution in [2.75, 3.05) is 13.1 Å². The molecule has 1 aromatic heterocycles. The number of carbonyl (C=O) groups is 2. The Labute approximate surface area is 163 Å². The number of nitrogens with zero attached hydrogens (tertiary/aromatic N) is 2. The highest BCUT2D eigenvalue weighted by molar-refractivity contribution is 6.30. The summed E-state index contributed by atoms with van der Waals surface area (Å²) in [6.45, 7) is 1.43. The van der Waals surface area contributed by atoms with Gasteiger partial charge in [0.05, 0.1) is 10.7 Å². The minimum Gasteiger partial charge on any atom is -0.348 e. The van der Waals surface area contributed by atoms with Crippen LogP contribution in [0.4, 0.5) is 0 Å². The number of rotatable bonds is 4. The van der Waals surface area contributed by atoms with Gasteiger partial charge in [-0.1, -0.05) is 23.7 Å². The van der Waals surface area contributed by atoms with Crippen LogP contribution in [0.5, 0.6) is 0 Å². The Hall–Kier alpha value is -2.40. The quantitative estimate of drug-likeness (QED) is 0.878. The molecule has 27 heavy (non-hydrogen) atoms. The van der Waals surface area contributed by atoms with Gasteiger partial charge in [-0.2, -0.15) is 0 Å². The van der Waals surface area contributed by atoms with E-state index in [4.69, 9.17) is 11.6 Å². The zero-order valence-electron chi connectivity index (χ0n) is 15.0. The second kappa shape index (κ2) is 7.69. The number of pyridine rings is 1. The molecule has 140 valence electrons. The van der Waals surface area contributed by atoms with Crippen molar-refractivity contribution < 1.29 is 9.59 Å². The van der Waals surface area contributed by atoms with E-state index in [2.05, 4.69) is 10.3 Å². The fourth-order valence-corrected chi connectivity index (χ4v) is 3.60. The van der Waals surface area contributed by atoms with Crippen molar-refractivity contribution in [2.24, 2.45) is 5.92 Å². The van der Waals surface area contributed by atoms with Crippen LogP contribution < -0.4 is 5.32 Å². The lowest BCUT2D eigenvalue weighted by Gasteiger charge is -2.33. The second-order valence-corrected chi connectivity index (χ2v) is 7.75. The summed E-state index contributed by atoms with van der Waals surface area (Å²) in [5.41, 5.74) is 2.35. The second-order valence-electron chi connectivity index (χ2n) is 7.31. The lowest BCUT2D eigenvalue weighted by Crippen LogP contribution is -2.50. The number of amides is 2. The van der Waals surface area contributed by atoms with E-state index in [-0.39, 0.29) is 23.8 Å². The molecular weight excluding hydrogens is 362 g/mol. The Morgan fingerprint density at radius 3 is 2.52 bits per heavy atom. The summed E-state index contributed by atoms with van der Waals surface area (Å²) in [6.07, 6.45) is 5.48. The molecule has 2 amide bonds. The first-order chi connectivity index (χ1) is 13.1. The van der Waals surface area contributed by atoms with E-state index in [0.29, 0.717) is 17.1 Å². The minimum atomic E-state index is -0.101. The lowest BCUT2D eigenvalue weighted by atomic mass is 10.0. The van der Waals surface area contributed by atoms with Crippen LogP contribution in [-0.2, 0) is 4.79 Å². The first kappa shape index (κ1) is 18.0. The molecule has 1 saturated carbocycles. The first-order valence-corrected chi connectivity index (χ1v) is 9.79. The maximum atomic E-state index is 12.6. The Morgan fingerprint density at radius 1 is 1.07 bits per heavy atom. The van der Waals surface area contributed by atoms with E-state index in [1.54, 1.807) is 24.4 Å². The Kier molecular flexibility index (Phi) is 5.12. The maximum Gasteiger partial charge on any atom is 0.251 e. The van der Waals surface area contributed by atoms with Crippen LogP contribution in [0.15, 0.2) is 42.6 Å². The summed E-state index contributed by atoms with van der Waals surface area (Å²) in [5.74, 6) is 0.388. The number of halogens is 1. The third kappa shape index (κ3) is 4.30. The van der Waals surface area contributed by atoms with Gasteiger partial charge in [0.25, 0.3) is 5.91 Å². The number of aromatic nitrogens is 1. The monoisotopic (exact) mass is 383 g/mol. The van der Waals surface area contributed by atoms with Gasteiger partial charge in [-0.25, -0.2) is 0 Å². The maximum absolute atomic E-state index is 12.6. The van der Waals surface area contributed by atoms with Gasteiger partial charge in [0.15, 0.2) is 0 Å². The predicted molar refractivity (Wildman–Crippen MR) is 104 cm³/mol. The molecule has 5 nitrogen and oxygen atoms in total. The normalized spacial score (nSPS) is 19.6.